The second-order valence-corrected chi connectivity index (χ2v) is 8.61. The summed E-state index contributed by atoms with van der Waals surface area (Å²) in [5.74, 6) is -0.901. The highest BCUT2D eigenvalue weighted by atomic mass is 16.5. The molecule has 0 aliphatic carbocycles. The van der Waals surface area contributed by atoms with Crippen LogP contribution in [-0.2, 0) is 9.53 Å². The zero-order valence-electron chi connectivity index (χ0n) is 18.6. The lowest BCUT2D eigenvalue weighted by molar-refractivity contribution is -0.871. The van der Waals surface area contributed by atoms with E-state index in [0.29, 0.717) is 17.6 Å². The van der Waals surface area contributed by atoms with Gasteiger partial charge in [0, 0.05) is 19.8 Å². The first-order valence-electron chi connectivity index (χ1n) is 10.9. The third kappa shape index (κ3) is 19.4. The molecule has 0 saturated carbocycles. The van der Waals surface area contributed by atoms with Gasteiger partial charge in [0.15, 0.2) is 0 Å². The van der Waals surface area contributed by atoms with Crippen LogP contribution in [0.4, 0.5) is 4.79 Å². The Hall–Kier alpha value is -1.34. The van der Waals surface area contributed by atoms with Crippen LogP contribution < -0.4 is 10.6 Å². The molecule has 0 rings (SSSR count). The molecule has 0 fully saturated rings. The molecule has 1 atom stereocenters. The minimum absolute atomic E-state index is 0.0679. The van der Waals surface area contributed by atoms with Gasteiger partial charge in [-0.3, -0.25) is 4.79 Å². The molecule has 0 aliphatic heterocycles. The van der Waals surface area contributed by atoms with Crippen LogP contribution in [0.15, 0.2) is 0 Å². The van der Waals surface area contributed by atoms with Crippen molar-refractivity contribution >= 4 is 12.0 Å². The van der Waals surface area contributed by atoms with E-state index in [-0.39, 0.29) is 18.5 Å². The van der Waals surface area contributed by atoms with Crippen molar-refractivity contribution in [1.82, 2.24) is 10.6 Å². The van der Waals surface area contributed by atoms with Crippen LogP contribution in [0.1, 0.15) is 71.1 Å². The van der Waals surface area contributed by atoms with E-state index >= 15 is 0 Å². The van der Waals surface area contributed by atoms with Crippen molar-refractivity contribution in [2.45, 2.75) is 77.2 Å². The van der Waals surface area contributed by atoms with Crippen molar-refractivity contribution in [2.75, 3.05) is 47.4 Å². The van der Waals surface area contributed by atoms with Crippen molar-refractivity contribution in [1.29, 1.82) is 0 Å². The number of hydrogen-bond donors (Lipinski definition) is 3. The zero-order chi connectivity index (χ0) is 21.3. The number of rotatable bonds is 18. The number of hydrogen-bond acceptors (Lipinski definition) is 3. The molecule has 7 nitrogen and oxygen atoms in total. The lowest BCUT2D eigenvalue weighted by atomic mass is 10.2. The predicted octanol–water partition coefficient (Wildman–Crippen LogP) is 3.38. The maximum absolute atomic E-state index is 12.0. The number of ether oxygens (including phenoxy) is 1. The van der Waals surface area contributed by atoms with Crippen LogP contribution in [0, 0.1) is 0 Å². The van der Waals surface area contributed by atoms with Gasteiger partial charge in [0.1, 0.15) is 0 Å². The minimum Gasteiger partial charge on any atom is -0.481 e. The smallest absolute Gasteiger partial charge is 0.315 e. The summed E-state index contributed by atoms with van der Waals surface area (Å²) in [6.07, 6.45) is 10.4. The van der Waals surface area contributed by atoms with E-state index in [1.54, 1.807) is 0 Å². The zero-order valence-corrected chi connectivity index (χ0v) is 18.6. The number of nitrogens with zero attached hydrogens (tertiary/aromatic N) is 1. The average molecular weight is 403 g/mol. The summed E-state index contributed by atoms with van der Waals surface area (Å²) >= 11 is 0. The number of aliphatic carboxylic acids is 1. The molecule has 0 bridgehead atoms. The van der Waals surface area contributed by atoms with Crippen LogP contribution in [-0.4, -0.2) is 75.1 Å². The van der Waals surface area contributed by atoms with Gasteiger partial charge in [0.25, 0.3) is 0 Å². The van der Waals surface area contributed by atoms with Crippen molar-refractivity contribution < 1.29 is 23.9 Å². The quantitative estimate of drug-likeness (QED) is 0.242. The number of carboxylic acid groups (broad SMARTS) is 1. The fraction of sp³-hybridized carbons (Fsp3) is 0.905. The van der Waals surface area contributed by atoms with Gasteiger partial charge in [-0.15, -0.1) is 0 Å². The van der Waals surface area contributed by atoms with Crippen LogP contribution in [0.3, 0.4) is 0 Å². The molecule has 0 aliphatic rings. The molecule has 166 valence electrons. The average Bonchev–Trinajstić information content (AvgIpc) is 2.56. The number of unbranched alkanes of at least 4 members (excludes halogenated alkanes) is 7. The summed E-state index contributed by atoms with van der Waals surface area (Å²) in [6, 6.07) is -0.664. The number of nitrogens with one attached hydrogen (secondary N) is 2. The van der Waals surface area contributed by atoms with Crippen molar-refractivity contribution in [2.24, 2.45) is 0 Å². The number of urea groups is 1. The summed E-state index contributed by atoms with van der Waals surface area (Å²) in [5, 5.41) is 14.6. The molecule has 0 spiro atoms. The first kappa shape index (κ1) is 26.7. The lowest BCUT2D eigenvalue weighted by Crippen LogP contribution is -2.52. The molecule has 0 saturated heterocycles. The standard InChI is InChI=1S/C21H43N3O4/c1-5-6-7-9-12-15-28-16-13-10-8-11-14-22-21(27)23-19(17-20(25)26)18-24(2,3)4/h19H,5-18H2,1-4H3,(H2-,22,23,25,26,27)/p+1. The monoisotopic (exact) mass is 402 g/mol. The van der Waals surface area contributed by atoms with Gasteiger partial charge in [-0.25, -0.2) is 4.79 Å². The van der Waals surface area contributed by atoms with Gasteiger partial charge in [0.2, 0.25) is 0 Å². The maximum Gasteiger partial charge on any atom is 0.315 e. The number of amides is 2. The first-order valence-corrected chi connectivity index (χ1v) is 10.9. The van der Waals surface area contributed by atoms with Gasteiger partial charge in [-0.2, -0.15) is 0 Å². The number of carboxylic acids is 1. The normalized spacial score (nSPS) is 12.6. The van der Waals surface area contributed by atoms with Crippen molar-refractivity contribution in [3.8, 4) is 0 Å². The van der Waals surface area contributed by atoms with Crippen LogP contribution >= 0.6 is 0 Å². The van der Waals surface area contributed by atoms with E-state index in [9.17, 15) is 9.59 Å². The molecule has 7 heteroatoms. The Morgan fingerprint density at radius 1 is 0.929 bits per heavy atom. The highest BCUT2D eigenvalue weighted by Crippen LogP contribution is 2.04. The maximum atomic E-state index is 12.0. The van der Waals surface area contributed by atoms with Gasteiger partial charge < -0.3 is 25.0 Å². The van der Waals surface area contributed by atoms with Gasteiger partial charge >= 0.3 is 12.0 Å². The summed E-state index contributed by atoms with van der Waals surface area (Å²) in [4.78, 5) is 23.0. The minimum atomic E-state index is -0.901. The second-order valence-electron chi connectivity index (χ2n) is 8.61. The Kier molecular flexibility index (Phi) is 15.8. The molecular formula is C21H44N3O4+. The highest BCUT2D eigenvalue weighted by molar-refractivity contribution is 5.75. The molecule has 0 heterocycles. The van der Waals surface area contributed by atoms with Crippen molar-refractivity contribution in [3.63, 3.8) is 0 Å². The van der Waals surface area contributed by atoms with Gasteiger partial charge in [0.05, 0.1) is 40.2 Å². The Bertz CT molecular complexity index is 411. The summed E-state index contributed by atoms with van der Waals surface area (Å²) in [5.41, 5.74) is 0. The fourth-order valence-corrected chi connectivity index (χ4v) is 3.06. The third-order valence-electron chi connectivity index (χ3n) is 4.42. The molecule has 1 unspecified atom stereocenters. The Balaban J connectivity index is 3.63. The van der Waals surface area contributed by atoms with Gasteiger partial charge in [-0.1, -0.05) is 45.4 Å². The fourth-order valence-electron chi connectivity index (χ4n) is 3.06. The van der Waals surface area contributed by atoms with Gasteiger partial charge in [-0.05, 0) is 19.3 Å². The molecule has 2 amide bonds. The first-order chi connectivity index (χ1) is 13.2. The summed E-state index contributed by atoms with van der Waals surface area (Å²) in [6.45, 7) is 5.09. The SMILES string of the molecule is CCCCCCCOCCCCCCNC(=O)NC(CC(=O)O)C[N+](C)(C)C. The molecule has 3 N–H and O–H groups in total. The third-order valence-corrected chi connectivity index (χ3v) is 4.42. The van der Waals surface area contributed by atoms with E-state index in [0.717, 1.165) is 45.3 Å². The molecule has 28 heavy (non-hydrogen) atoms. The lowest BCUT2D eigenvalue weighted by Gasteiger charge is -2.29. The Morgan fingerprint density at radius 3 is 2.04 bits per heavy atom. The van der Waals surface area contributed by atoms with E-state index in [1.165, 1.54) is 25.7 Å². The molecule has 0 aromatic heterocycles. The molecule has 0 aromatic rings. The Labute approximate surface area is 171 Å². The van der Waals surface area contributed by atoms with E-state index in [2.05, 4.69) is 17.6 Å². The molecule has 0 radical (unpaired) electrons. The number of likely N-dealkylation sites (N-methyl/N-ethyl adjacent to an activating group) is 1. The van der Waals surface area contributed by atoms with Crippen molar-refractivity contribution in [3.05, 3.63) is 0 Å². The topological polar surface area (TPSA) is 87.7 Å². The predicted molar refractivity (Wildman–Crippen MR) is 114 cm³/mol. The summed E-state index contributed by atoms with van der Waals surface area (Å²) in [7, 11) is 5.93. The largest absolute Gasteiger partial charge is 0.481 e. The van der Waals surface area contributed by atoms with Crippen LogP contribution in [0.2, 0.25) is 0 Å². The van der Waals surface area contributed by atoms with E-state index in [4.69, 9.17) is 9.84 Å². The summed E-state index contributed by atoms with van der Waals surface area (Å²) < 4.78 is 6.24. The van der Waals surface area contributed by atoms with E-state index < -0.39 is 5.97 Å². The molecular weight excluding hydrogens is 358 g/mol. The molecule has 0 aromatic carbocycles. The number of carbonyl (C=O) groups excluding carboxylic acids is 1. The highest BCUT2D eigenvalue weighted by Gasteiger charge is 2.22. The number of carbonyl (C=O) groups is 2. The number of quaternary nitrogens is 1. The second kappa shape index (κ2) is 16.6. The Morgan fingerprint density at radius 2 is 1.50 bits per heavy atom. The van der Waals surface area contributed by atoms with E-state index in [1.807, 2.05) is 21.1 Å². The van der Waals surface area contributed by atoms with Crippen LogP contribution in [0.25, 0.3) is 0 Å². The van der Waals surface area contributed by atoms with Crippen LogP contribution in [0.5, 0.6) is 0 Å².